The number of carbonyl (C=O) groups excluding carboxylic acids is 2. The van der Waals surface area contributed by atoms with Crippen LogP contribution >= 0.6 is 0 Å². The van der Waals surface area contributed by atoms with Gasteiger partial charge in [-0.05, 0) is 43.3 Å². The van der Waals surface area contributed by atoms with E-state index in [0.29, 0.717) is 17.9 Å². The molecule has 1 aromatic heterocycles. The third-order valence-electron chi connectivity index (χ3n) is 2.46. The van der Waals surface area contributed by atoms with Gasteiger partial charge in [0.1, 0.15) is 0 Å². The maximum absolute atomic E-state index is 11.7. The van der Waals surface area contributed by atoms with Crippen LogP contribution in [0.5, 0.6) is 0 Å². The van der Waals surface area contributed by atoms with Crippen LogP contribution in [0.15, 0.2) is 47.1 Å². The van der Waals surface area contributed by atoms with Crippen molar-refractivity contribution >= 4 is 17.5 Å². The number of hydrogen-bond donors (Lipinski definition) is 2. The molecule has 104 valence electrons. The van der Waals surface area contributed by atoms with Gasteiger partial charge in [0.2, 0.25) is 0 Å². The van der Waals surface area contributed by atoms with Crippen molar-refractivity contribution in [1.82, 2.24) is 5.48 Å². The molecule has 2 rings (SSSR count). The summed E-state index contributed by atoms with van der Waals surface area (Å²) in [6.45, 7) is 2.16. The summed E-state index contributed by atoms with van der Waals surface area (Å²) in [6.07, 6.45) is 1.43. The van der Waals surface area contributed by atoms with E-state index >= 15 is 0 Å². The summed E-state index contributed by atoms with van der Waals surface area (Å²) in [5, 5.41) is 2.66. The average Bonchev–Trinajstić information content (AvgIpc) is 3.00. The number of carbonyl (C=O) groups is 2. The van der Waals surface area contributed by atoms with E-state index in [1.54, 1.807) is 43.3 Å². The van der Waals surface area contributed by atoms with Crippen molar-refractivity contribution in [2.75, 3.05) is 11.9 Å². The van der Waals surface area contributed by atoms with Gasteiger partial charge in [-0.15, -0.1) is 0 Å². The fraction of sp³-hybridized carbons (Fsp3) is 0.143. The second kappa shape index (κ2) is 6.53. The van der Waals surface area contributed by atoms with Crippen molar-refractivity contribution in [1.29, 1.82) is 0 Å². The molecule has 0 bridgehead atoms. The molecule has 0 saturated carbocycles. The summed E-state index contributed by atoms with van der Waals surface area (Å²) in [6, 6.07) is 9.64. The number of furan rings is 1. The highest BCUT2D eigenvalue weighted by Gasteiger charge is 2.09. The van der Waals surface area contributed by atoms with Gasteiger partial charge in [0.15, 0.2) is 5.76 Å². The Morgan fingerprint density at radius 1 is 1.15 bits per heavy atom. The van der Waals surface area contributed by atoms with Gasteiger partial charge >= 0.3 is 0 Å². The predicted molar refractivity (Wildman–Crippen MR) is 72.2 cm³/mol. The van der Waals surface area contributed by atoms with E-state index in [2.05, 4.69) is 10.8 Å². The molecule has 6 heteroatoms. The fourth-order valence-corrected chi connectivity index (χ4v) is 1.50. The van der Waals surface area contributed by atoms with Gasteiger partial charge in [-0.2, -0.15) is 0 Å². The second-order valence-electron chi connectivity index (χ2n) is 3.87. The van der Waals surface area contributed by atoms with Crippen LogP contribution in [0.4, 0.5) is 5.69 Å². The zero-order chi connectivity index (χ0) is 14.4. The molecule has 0 saturated heterocycles. The fourth-order valence-electron chi connectivity index (χ4n) is 1.50. The number of rotatable bonds is 5. The van der Waals surface area contributed by atoms with Crippen LogP contribution in [0.1, 0.15) is 27.8 Å². The Balaban J connectivity index is 1.98. The van der Waals surface area contributed by atoms with Gasteiger partial charge in [0, 0.05) is 11.3 Å². The zero-order valence-corrected chi connectivity index (χ0v) is 10.9. The van der Waals surface area contributed by atoms with Gasteiger partial charge < -0.3 is 9.73 Å². The molecule has 0 radical (unpaired) electrons. The lowest BCUT2D eigenvalue weighted by molar-refractivity contribution is 0.0364. The summed E-state index contributed by atoms with van der Waals surface area (Å²) >= 11 is 0. The SMILES string of the molecule is CCONC(=O)c1ccc(NC(=O)c2ccco2)cc1. The van der Waals surface area contributed by atoms with Crippen LogP contribution in [-0.4, -0.2) is 18.4 Å². The first-order valence-corrected chi connectivity index (χ1v) is 6.07. The summed E-state index contributed by atoms with van der Waals surface area (Å²) in [5.74, 6) is -0.458. The molecule has 0 aliphatic heterocycles. The second-order valence-corrected chi connectivity index (χ2v) is 3.87. The Bertz CT molecular complexity index is 576. The van der Waals surface area contributed by atoms with Gasteiger partial charge in [-0.25, -0.2) is 5.48 Å². The topological polar surface area (TPSA) is 80.6 Å². The predicted octanol–water partition coefficient (Wildman–Crippen LogP) is 2.21. The van der Waals surface area contributed by atoms with E-state index in [-0.39, 0.29) is 17.6 Å². The van der Waals surface area contributed by atoms with Crippen molar-refractivity contribution < 1.29 is 18.8 Å². The van der Waals surface area contributed by atoms with Gasteiger partial charge in [-0.3, -0.25) is 14.4 Å². The summed E-state index contributed by atoms with van der Waals surface area (Å²) < 4.78 is 4.98. The Morgan fingerprint density at radius 3 is 2.50 bits per heavy atom. The maximum atomic E-state index is 11.7. The summed E-state index contributed by atoms with van der Waals surface area (Å²) in [7, 11) is 0. The molecule has 1 heterocycles. The molecule has 0 fully saturated rings. The average molecular weight is 274 g/mol. The van der Waals surface area contributed by atoms with Crippen molar-refractivity contribution in [2.45, 2.75) is 6.92 Å². The molecular weight excluding hydrogens is 260 g/mol. The van der Waals surface area contributed by atoms with E-state index in [9.17, 15) is 9.59 Å². The molecule has 2 amide bonds. The van der Waals surface area contributed by atoms with Crippen molar-refractivity contribution in [2.24, 2.45) is 0 Å². The van der Waals surface area contributed by atoms with Crippen LogP contribution < -0.4 is 10.8 Å². The van der Waals surface area contributed by atoms with Crippen LogP contribution in [0, 0.1) is 0 Å². The van der Waals surface area contributed by atoms with Crippen LogP contribution in [0.2, 0.25) is 0 Å². The van der Waals surface area contributed by atoms with Crippen LogP contribution in [0.25, 0.3) is 0 Å². The Hall–Kier alpha value is -2.60. The lowest BCUT2D eigenvalue weighted by atomic mass is 10.2. The zero-order valence-electron chi connectivity index (χ0n) is 10.9. The van der Waals surface area contributed by atoms with Gasteiger partial charge in [0.05, 0.1) is 12.9 Å². The normalized spacial score (nSPS) is 10.1. The lowest BCUT2D eigenvalue weighted by Crippen LogP contribution is -2.23. The maximum Gasteiger partial charge on any atom is 0.291 e. The number of amides is 2. The molecule has 0 aliphatic rings. The molecular formula is C14H14N2O4. The van der Waals surface area contributed by atoms with Crippen LogP contribution in [-0.2, 0) is 4.84 Å². The summed E-state index contributed by atoms with van der Waals surface area (Å²) in [4.78, 5) is 28.1. The Labute approximate surface area is 115 Å². The first-order valence-electron chi connectivity index (χ1n) is 6.07. The molecule has 0 unspecified atom stereocenters. The van der Waals surface area contributed by atoms with Gasteiger partial charge in [0.25, 0.3) is 11.8 Å². The molecule has 0 spiro atoms. The highest BCUT2D eigenvalue weighted by atomic mass is 16.6. The van der Waals surface area contributed by atoms with Gasteiger partial charge in [-0.1, -0.05) is 0 Å². The molecule has 0 aliphatic carbocycles. The quantitative estimate of drug-likeness (QED) is 0.819. The van der Waals surface area contributed by atoms with E-state index in [1.165, 1.54) is 6.26 Å². The molecule has 6 nitrogen and oxygen atoms in total. The van der Waals surface area contributed by atoms with Crippen molar-refractivity contribution in [3.05, 3.63) is 54.0 Å². The van der Waals surface area contributed by atoms with E-state index in [1.807, 2.05) is 0 Å². The number of hydroxylamine groups is 1. The third kappa shape index (κ3) is 3.46. The number of hydrogen-bond acceptors (Lipinski definition) is 4. The smallest absolute Gasteiger partial charge is 0.291 e. The lowest BCUT2D eigenvalue weighted by Gasteiger charge is -2.06. The minimum Gasteiger partial charge on any atom is -0.459 e. The van der Waals surface area contributed by atoms with E-state index in [4.69, 9.17) is 9.25 Å². The molecule has 2 aromatic rings. The molecule has 2 N–H and O–H groups in total. The Morgan fingerprint density at radius 2 is 1.90 bits per heavy atom. The largest absolute Gasteiger partial charge is 0.459 e. The van der Waals surface area contributed by atoms with Crippen molar-refractivity contribution in [3.63, 3.8) is 0 Å². The molecule has 1 aromatic carbocycles. The highest BCUT2D eigenvalue weighted by molar-refractivity contribution is 6.02. The van der Waals surface area contributed by atoms with Crippen molar-refractivity contribution in [3.8, 4) is 0 Å². The summed E-state index contributed by atoms with van der Waals surface area (Å²) in [5.41, 5.74) is 3.30. The number of anilines is 1. The van der Waals surface area contributed by atoms with E-state index in [0.717, 1.165) is 0 Å². The van der Waals surface area contributed by atoms with Crippen LogP contribution in [0.3, 0.4) is 0 Å². The minimum atomic E-state index is -0.346. The highest BCUT2D eigenvalue weighted by Crippen LogP contribution is 2.11. The standard InChI is InChI=1S/C14H14N2O4/c1-2-20-16-13(17)10-5-7-11(8-6-10)15-14(18)12-4-3-9-19-12/h3-9H,2H2,1H3,(H,15,18)(H,16,17). The first kappa shape index (κ1) is 13.8. The first-order chi connectivity index (χ1) is 9.70. The van der Waals surface area contributed by atoms with E-state index < -0.39 is 0 Å². The Kier molecular flexibility index (Phi) is 4.52. The third-order valence-corrected chi connectivity index (χ3v) is 2.46. The molecule has 20 heavy (non-hydrogen) atoms. The number of nitrogens with one attached hydrogen (secondary N) is 2. The minimum absolute atomic E-state index is 0.225. The monoisotopic (exact) mass is 274 g/mol. The number of benzene rings is 1. The molecule has 0 atom stereocenters.